The standard InChI is InChI=1S/C14H28N2O4/c1-3-4-12(7-8-15)5-6-13(17)16(9-10-20-2)11-14(18)19/h12H,3-11,15H2,1-2H3,(H,18,19). The molecule has 0 heterocycles. The molecule has 0 saturated heterocycles. The molecule has 1 atom stereocenters. The van der Waals surface area contributed by atoms with Crippen LogP contribution in [-0.2, 0) is 14.3 Å². The van der Waals surface area contributed by atoms with Gasteiger partial charge in [0.25, 0.3) is 0 Å². The summed E-state index contributed by atoms with van der Waals surface area (Å²) in [5, 5.41) is 8.83. The number of hydrogen-bond acceptors (Lipinski definition) is 4. The highest BCUT2D eigenvalue weighted by molar-refractivity contribution is 5.81. The van der Waals surface area contributed by atoms with E-state index in [2.05, 4.69) is 6.92 Å². The van der Waals surface area contributed by atoms with Crippen LogP contribution in [0.15, 0.2) is 0 Å². The number of carbonyl (C=O) groups is 2. The zero-order valence-corrected chi connectivity index (χ0v) is 12.6. The molecule has 0 aliphatic rings. The first-order valence-electron chi connectivity index (χ1n) is 7.23. The van der Waals surface area contributed by atoms with Crippen LogP contribution in [0.5, 0.6) is 0 Å². The number of nitrogens with two attached hydrogens (primary N) is 1. The molecule has 6 nitrogen and oxygen atoms in total. The van der Waals surface area contributed by atoms with Crippen molar-refractivity contribution in [2.24, 2.45) is 11.7 Å². The first-order chi connectivity index (χ1) is 9.54. The highest BCUT2D eigenvalue weighted by Crippen LogP contribution is 2.17. The van der Waals surface area contributed by atoms with Crippen molar-refractivity contribution < 1.29 is 19.4 Å². The number of carbonyl (C=O) groups excluding carboxylic acids is 1. The molecule has 0 aromatic heterocycles. The van der Waals surface area contributed by atoms with E-state index in [0.29, 0.717) is 32.0 Å². The Morgan fingerprint density at radius 2 is 2.00 bits per heavy atom. The highest BCUT2D eigenvalue weighted by atomic mass is 16.5. The number of carboxylic acid groups (broad SMARTS) is 1. The number of hydrogen-bond donors (Lipinski definition) is 2. The Labute approximate surface area is 121 Å². The van der Waals surface area contributed by atoms with Crippen LogP contribution in [0.1, 0.15) is 39.0 Å². The van der Waals surface area contributed by atoms with Crippen molar-refractivity contribution in [2.75, 3.05) is 33.4 Å². The Bertz CT molecular complexity index is 278. The molecule has 0 aromatic rings. The lowest BCUT2D eigenvalue weighted by atomic mass is 9.94. The molecule has 0 saturated carbocycles. The Hall–Kier alpha value is -1.14. The van der Waals surface area contributed by atoms with E-state index >= 15 is 0 Å². The third-order valence-corrected chi connectivity index (χ3v) is 3.28. The summed E-state index contributed by atoms with van der Waals surface area (Å²) < 4.78 is 4.90. The maximum absolute atomic E-state index is 12.1. The van der Waals surface area contributed by atoms with Gasteiger partial charge in [0.05, 0.1) is 6.61 Å². The molecule has 118 valence electrons. The van der Waals surface area contributed by atoms with Crippen LogP contribution in [-0.4, -0.2) is 55.2 Å². The third-order valence-electron chi connectivity index (χ3n) is 3.28. The first-order valence-corrected chi connectivity index (χ1v) is 7.23. The molecule has 0 aromatic carbocycles. The summed E-state index contributed by atoms with van der Waals surface area (Å²) in [5.74, 6) is -0.674. The van der Waals surface area contributed by atoms with Crippen LogP contribution in [0.2, 0.25) is 0 Å². The minimum absolute atomic E-state index is 0.123. The monoisotopic (exact) mass is 288 g/mol. The summed E-state index contributed by atoms with van der Waals surface area (Å²) in [6, 6.07) is 0. The Morgan fingerprint density at radius 3 is 2.50 bits per heavy atom. The number of aliphatic carboxylic acids is 1. The van der Waals surface area contributed by atoms with Gasteiger partial charge in [0.2, 0.25) is 5.91 Å². The molecule has 1 amide bonds. The van der Waals surface area contributed by atoms with Gasteiger partial charge in [-0.1, -0.05) is 19.8 Å². The van der Waals surface area contributed by atoms with Crippen molar-refractivity contribution in [3.8, 4) is 0 Å². The smallest absolute Gasteiger partial charge is 0.323 e. The zero-order valence-electron chi connectivity index (χ0n) is 12.6. The number of amides is 1. The molecule has 0 radical (unpaired) electrons. The average Bonchev–Trinajstić information content (AvgIpc) is 2.40. The summed E-state index contributed by atoms with van der Waals surface area (Å²) in [7, 11) is 1.53. The number of carboxylic acids is 1. The molecule has 6 heteroatoms. The van der Waals surface area contributed by atoms with Crippen molar-refractivity contribution in [1.29, 1.82) is 0 Å². The number of rotatable bonds is 12. The molecule has 0 aliphatic heterocycles. The van der Waals surface area contributed by atoms with E-state index in [1.165, 1.54) is 12.0 Å². The van der Waals surface area contributed by atoms with Crippen LogP contribution in [0.4, 0.5) is 0 Å². The fraction of sp³-hybridized carbons (Fsp3) is 0.857. The van der Waals surface area contributed by atoms with Crippen LogP contribution in [0.3, 0.4) is 0 Å². The molecule has 0 spiro atoms. The van der Waals surface area contributed by atoms with Crippen LogP contribution in [0.25, 0.3) is 0 Å². The van der Waals surface area contributed by atoms with Gasteiger partial charge >= 0.3 is 5.97 Å². The quantitative estimate of drug-likeness (QED) is 0.561. The second-order valence-corrected chi connectivity index (χ2v) is 4.97. The Balaban J connectivity index is 4.30. The fourth-order valence-corrected chi connectivity index (χ4v) is 2.22. The molecule has 20 heavy (non-hydrogen) atoms. The van der Waals surface area contributed by atoms with Gasteiger partial charge in [-0.25, -0.2) is 0 Å². The lowest BCUT2D eigenvalue weighted by Crippen LogP contribution is -2.38. The number of ether oxygens (including phenoxy) is 1. The normalized spacial score (nSPS) is 12.2. The molecule has 0 aliphatic carbocycles. The summed E-state index contributed by atoms with van der Waals surface area (Å²) in [5.41, 5.74) is 5.57. The van der Waals surface area contributed by atoms with Gasteiger partial charge in [-0.15, -0.1) is 0 Å². The molecule has 0 bridgehead atoms. The molecular formula is C14H28N2O4. The molecule has 3 N–H and O–H groups in total. The summed E-state index contributed by atoms with van der Waals surface area (Å²) in [4.78, 5) is 24.2. The SMILES string of the molecule is CCCC(CCN)CCC(=O)N(CCOC)CC(=O)O. The molecule has 0 fully saturated rings. The van der Waals surface area contributed by atoms with E-state index in [1.807, 2.05) is 0 Å². The minimum Gasteiger partial charge on any atom is -0.480 e. The van der Waals surface area contributed by atoms with Gasteiger partial charge in [-0.05, 0) is 25.3 Å². The highest BCUT2D eigenvalue weighted by Gasteiger charge is 2.18. The van der Waals surface area contributed by atoms with Crippen LogP contribution < -0.4 is 5.73 Å². The van der Waals surface area contributed by atoms with Gasteiger partial charge in [-0.2, -0.15) is 0 Å². The Kier molecular flexibility index (Phi) is 11.0. The van der Waals surface area contributed by atoms with Gasteiger partial charge in [0, 0.05) is 20.1 Å². The second-order valence-electron chi connectivity index (χ2n) is 4.97. The number of nitrogens with zero attached hydrogens (tertiary/aromatic N) is 1. The largest absolute Gasteiger partial charge is 0.480 e. The minimum atomic E-state index is -0.999. The third kappa shape index (κ3) is 8.87. The molecular weight excluding hydrogens is 260 g/mol. The van der Waals surface area contributed by atoms with Crippen molar-refractivity contribution in [1.82, 2.24) is 4.90 Å². The summed E-state index contributed by atoms with van der Waals surface area (Å²) >= 11 is 0. The van der Waals surface area contributed by atoms with Crippen molar-refractivity contribution in [3.63, 3.8) is 0 Å². The van der Waals surface area contributed by atoms with E-state index in [0.717, 1.165) is 25.7 Å². The average molecular weight is 288 g/mol. The predicted octanol–water partition coefficient (Wildman–Crippen LogP) is 1.09. The van der Waals surface area contributed by atoms with Crippen LogP contribution in [0, 0.1) is 5.92 Å². The van der Waals surface area contributed by atoms with E-state index in [1.54, 1.807) is 0 Å². The molecule has 1 unspecified atom stereocenters. The summed E-state index contributed by atoms with van der Waals surface area (Å²) in [6.45, 7) is 3.14. The van der Waals surface area contributed by atoms with Gasteiger partial charge in [-0.3, -0.25) is 9.59 Å². The van der Waals surface area contributed by atoms with Crippen LogP contribution >= 0.6 is 0 Å². The lowest BCUT2D eigenvalue weighted by Gasteiger charge is -2.22. The van der Waals surface area contributed by atoms with Crippen molar-refractivity contribution in [3.05, 3.63) is 0 Å². The topological polar surface area (TPSA) is 92.9 Å². The van der Waals surface area contributed by atoms with Crippen molar-refractivity contribution in [2.45, 2.75) is 39.0 Å². The van der Waals surface area contributed by atoms with Gasteiger partial charge in [0.1, 0.15) is 6.54 Å². The van der Waals surface area contributed by atoms with Gasteiger partial charge < -0.3 is 20.5 Å². The number of methoxy groups -OCH3 is 1. The lowest BCUT2D eigenvalue weighted by molar-refractivity contribution is -0.145. The van der Waals surface area contributed by atoms with E-state index in [-0.39, 0.29) is 12.5 Å². The first kappa shape index (κ1) is 18.9. The fourth-order valence-electron chi connectivity index (χ4n) is 2.22. The summed E-state index contributed by atoms with van der Waals surface area (Å²) in [6.07, 6.45) is 4.19. The molecule has 0 rings (SSSR count). The maximum Gasteiger partial charge on any atom is 0.323 e. The second kappa shape index (κ2) is 11.7. The van der Waals surface area contributed by atoms with E-state index in [4.69, 9.17) is 15.6 Å². The van der Waals surface area contributed by atoms with E-state index < -0.39 is 5.97 Å². The van der Waals surface area contributed by atoms with E-state index in [9.17, 15) is 9.59 Å². The maximum atomic E-state index is 12.1. The Morgan fingerprint density at radius 1 is 1.30 bits per heavy atom. The predicted molar refractivity (Wildman–Crippen MR) is 77.4 cm³/mol. The zero-order chi connectivity index (χ0) is 15.4. The van der Waals surface area contributed by atoms with Gasteiger partial charge in [0.15, 0.2) is 0 Å². The van der Waals surface area contributed by atoms with Crippen molar-refractivity contribution >= 4 is 11.9 Å².